The number of carbonyl (C=O) groups is 1. The summed E-state index contributed by atoms with van der Waals surface area (Å²) in [5, 5.41) is 5.01. The van der Waals surface area contributed by atoms with E-state index in [0.29, 0.717) is 11.4 Å². The molecule has 0 bridgehead atoms. The molecule has 21 heavy (non-hydrogen) atoms. The van der Waals surface area contributed by atoms with Crippen LogP contribution in [0.5, 0.6) is 0 Å². The van der Waals surface area contributed by atoms with Gasteiger partial charge in [0.1, 0.15) is 4.88 Å². The molecule has 0 aliphatic heterocycles. The van der Waals surface area contributed by atoms with Gasteiger partial charge in [-0.2, -0.15) is 0 Å². The van der Waals surface area contributed by atoms with Crippen LogP contribution in [0, 0.1) is 11.8 Å². The van der Waals surface area contributed by atoms with Crippen LogP contribution >= 0.6 is 11.3 Å². The Balaban J connectivity index is 1.70. The molecular formula is C17H16N2OS. The molecule has 1 aromatic heterocycles. The monoisotopic (exact) mass is 296 g/mol. The van der Waals surface area contributed by atoms with Crippen molar-refractivity contribution in [1.29, 1.82) is 0 Å². The molecule has 106 valence electrons. The second kappa shape index (κ2) is 6.13. The average Bonchev–Trinajstić information content (AvgIpc) is 3.10. The number of nitrogens with two attached hydrogens (primary N) is 1. The van der Waals surface area contributed by atoms with Crippen molar-refractivity contribution >= 4 is 17.2 Å². The molecule has 2 aromatic rings. The van der Waals surface area contributed by atoms with E-state index in [1.165, 1.54) is 22.5 Å². The highest BCUT2D eigenvalue weighted by atomic mass is 32.1. The predicted octanol–water partition coefficient (Wildman–Crippen LogP) is 1.96. The Hall–Kier alpha value is -2.09. The number of nitrogens with one attached hydrogen (secondary N) is 1. The maximum absolute atomic E-state index is 12.4. The van der Waals surface area contributed by atoms with Gasteiger partial charge in [0.25, 0.3) is 5.91 Å². The van der Waals surface area contributed by atoms with Gasteiger partial charge in [0, 0.05) is 11.6 Å². The van der Waals surface area contributed by atoms with Gasteiger partial charge in [-0.25, -0.2) is 0 Å². The highest BCUT2D eigenvalue weighted by Crippen LogP contribution is 2.23. The van der Waals surface area contributed by atoms with Gasteiger partial charge >= 0.3 is 0 Å². The summed E-state index contributed by atoms with van der Waals surface area (Å²) in [6.45, 7) is 0.300. The van der Waals surface area contributed by atoms with E-state index in [4.69, 9.17) is 5.73 Å². The lowest BCUT2D eigenvalue weighted by atomic mass is 10.1. The van der Waals surface area contributed by atoms with E-state index in [9.17, 15) is 4.79 Å². The molecule has 1 amide bonds. The van der Waals surface area contributed by atoms with Crippen molar-refractivity contribution in [1.82, 2.24) is 5.32 Å². The molecule has 1 aromatic carbocycles. The van der Waals surface area contributed by atoms with E-state index < -0.39 is 0 Å². The lowest BCUT2D eigenvalue weighted by Crippen LogP contribution is -2.35. The van der Waals surface area contributed by atoms with Crippen LogP contribution in [-0.2, 0) is 12.8 Å². The van der Waals surface area contributed by atoms with Crippen LogP contribution in [0.25, 0.3) is 0 Å². The van der Waals surface area contributed by atoms with Crippen molar-refractivity contribution in [3.8, 4) is 11.8 Å². The number of fused-ring (bicyclic) bond motifs is 1. The quantitative estimate of drug-likeness (QED) is 0.832. The van der Waals surface area contributed by atoms with Crippen molar-refractivity contribution in [2.75, 3.05) is 6.54 Å². The van der Waals surface area contributed by atoms with E-state index in [0.717, 1.165) is 18.4 Å². The van der Waals surface area contributed by atoms with Gasteiger partial charge in [0.2, 0.25) is 0 Å². The van der Waals surface area contributed by atoms with Crippen LogP contribution < -0.4 is 11.1 Å². The zero-order chi connectivity index (χ0) is 14.7. The minimum atomic E-state index is -0.0378. The maximum atomic E-state index is 12.4. The SMILES string of the molecule is NCC#Cc1ccsc1C(=O)NC1Cc2ccccc2C1. The van der Waals surface area contributed by atoms with E-state index in [2.05, 4.69) is 29.3 Å². The molecule has 0 spiro atoms. The normalized spacial score (nSPS) is 13.4. The lowest BCUT2D eigenvalue weighted by molar-refractivity contribution is 0.0942. The molecule has 0 atom stereocenters. The Kier molecular flexibility index (Phi) is 4.05. The summed E-state index contributed by atoms with van der Waals surface area (Å²) < 4.78 is 0. The second-order valence-corrected chi connectivity index (χ2v) is 5.93. The zero-order valence-corrected chi connectivity index (χ0v) is 12.4. The topological polar surface area (TPSA) is 55.1 Å². The third-order valence-corrected chi connectivity index (χ3v) is 4.50. The summed E-state index contributed by atoms with van der Waals surface area (Å²) in [6, 6.07) is 10.4. The molecular weight excluding hydrogens is 280 g/mol. The molecule has 1 aliphatic carbocycles. The highest BCUT2D eigenvalue weighted by Gasteiger charge is 2.23. The Morgan fingerprint density at radius 1 is 1.29 bits per heavy atom. The van der Waals surface area contributed by atoms with E-state index in [-0.39, 0.29) is 11.9 Å². The first-order valence-corrected chi connectivity index (χ1v) is 7.80. The molecule has 0 saturated carbocycles. The predicted molar refractivity (Wildman–Crippen MR) is 85.4 cm³/mol. The number of benzene rings is 1. The largest absolute Gasteiger partial charge is 0.348 e. The lowest BCUT2D eigenvalue weighted by Gasteiger charge is -2.11. The molecule has 0 radical (unpaired) electrons. The van der Waals surface area contributed by atoms with Gasteiger partial charge in [-0.3, -0.25) is 4.79 Å². The summed E-state index contributed by atoms with van der Waals surface area (Å²) >= 11 is 1.42. The Morgan fingerprint density at radius 2 is 2.00 bits per heavy atom. The first-order chi connectivity index (χ1) is 10.3. The Morgan fingerprint density at radius 3 is 2.67 bits per heavy atom. The minimum Gasteiger partial charge on any atom is -0.348 e. The number of rotatable bonds is 2. The molecule has 3 nitrogen and oxygen atoms in total. The first-order valence-electron chi connectivity index (χ1n) is 6.92. The number of hydrogen-bond donors (Lipinski definition) is 2. The van der Waals surface area contributed by atoms with Gasteiger partial charge in [0.15, 0.2) is 0 Å². The van der Waals surface area contributed by atoms with Crippen LogP contribution in [0.15, 0.2) is 35.7 Å². The van der Waals surface area contributed by atoms with Crippen LogP contribution in [0.2, 0.25) is 0 Å². The Bertz CT molecular complexity index is 699. The smallest absolute Gasteiger partial charge is 0.262 e. The van der Waals surface area contributed by atoms with Gasteiger partial charge in [-0.05, 0) is 35.4 Å². The minimum absolute atomic E-state index is 0.0378. The number of thiophene rings is 1. The van der Waals surface area contributed by atoms with Gasteiger partial charge < -0.3 is 11.1 Å². The third-order valence-electron chi connectivity index (χ3n) is 3.58. The van der Waals surface area contributed by atoms with Crippen LogP contribution in [0.4, 0.5) is 0 Å². The number of hydrogen-bond acceptors (Lipinski definition) is 3. The van der Waals surface area contributed by atoms with Crippen molar-refractivity contribution in [2.45, 2.75) is 18.9 Å². The summed E-state index contributed by atoms with van der Waals surface area (Å²) in [6.07, 6.45) is 1.80. The first kappa shape index (κ1) is 13.9. The van der Waals surface area contributed by atoms with Crippen LogP contribution in [0.1, 0.15) is 26.4 Å². The molecule has 0 fully saturated rings. The zero-order valence-electron chi connectivity index (χ0n) is 11.6. The van der Waals surface area contributed by atoms with Crippen molar-refractivity contribution in [3.05, 3.63) is 57.3 Å². The number of amides is 1. The van der Waals surface area contributed by atoms with Gasteiger partial charge in [-0.1, -0.05) is 36.1 Å². The summed E-state index contributed by atoms with van der Waals surface area (Å²) in [7, 11) is 0. The second-order valence-electron chi connectivity index (χ2n) is 5.02. The van der Waals surface area contributed by atoms with Crippen molar-refractivity contribution in [3.63, 3.8) is 0 Å². The van der Waals surface area contributed by atoms with Crippen LogP contribution in [-0.4, -0.2) is 18.5 Å². The summed E-state index contributed by atoms with van der Waals surface area (Å²) in [4.78, 5) is 13.1. The van der Waals surface area contributed by atoms with Crippen LogP contribution in [0.3, 0.4) is 0 Å². The highest BCUT2D eigenvalue weighted by molar-refractivity contribution is 7.12. The third kappa shape index (κ3) is 2.99. The molecule has 0 saturated heterocycles. The Labute approximate surface area is 128 Å². The molecule has 3 N–H and O–H groups in total. The fraction of sp³-hybridized carbons (Fsp3) is 0.235. The van der Waals surface area contributed by atoms with E-state index >= 15 is 0 Å². The molecule has 4 heteroatoms. The molecule has 0 unspecified atom stereocenters. The summed E-state index contributed by atoms with van der Waals surface area (Å²) in [5.74, 6) is 5.71. The average molecular weight is 296 g/mol. The van der Waals surface area contributed by atoms with Gasteiger partial charge in [0.05, 0.1) is 6.54 Å². The standard InChI is InChI=1S/C17H16N2OS/c18-8-3-6-12-7-9-21-16(12)17(20)19-15-10-13-4-1-2-5-14(13)11-15/h1-2,4-5,7,9,15H,8,10-11,18H2,(H,19,20). The van der Waals surface area contributed by atoms with E-state index in [1.807, 2.05) is 23.6 Å². The number of carbonyl (C=O) groups excluding carboxylic acids is 1. The molecule has 1 heterocycles. The molecule has 1 aliphatic rings. The summed E-state index contributed by atoms with van der Waals surface area (Å²) in [5.41, 5.74) is 8.81. The fourth-order valence-electron chi connectivity index (χ4n) is 2.64. The van der Waals surface area contributed by atoms with E-state index in [1.54, 1.807) is 0 Å². The maximum Gasteiger partial charge on any atom is 0.262 e. The van der Waals surface area contributed by atoms with Gasteiger partial charge in [-0.15, -0.1) is 11.3 Å². The molecule has 3 rings (SSSR count). The van der Waals surface area contributed by atoms with Crippen molar-refractivity contribution in [2.24, 2.45) is 5.73 Å². The fourth-order valence-corrected chi connectivity index (χ4v) is 3.39. The van der Waals surface area contributed by atoms with Crippen molar-refractivity contribution < 1.29 is 4.79 Å².